The van der Waals surface area contributed by atoms with Gasteiger partial charge in [0, 0.05) is 13.1 Å². The Morgan fingerprint density at radius 2 is 2.21 bits per heavy atom. The summed E-state index contributed by atoms with van der Waals surface area (Å²) in [5.41, 5.74) is -0.167. The molecule has 1 rings (SSSR count). The molecule has 4 heteroatoms. The fourth-order valence-electron chi connectivity index (χ4n) is 1.76. The Morgan fingerprint density at radius 1 is 1.50 bits per heavy atom. The minimum Gasteiger partial charge on any atom is -0.481 e. The van der Waals surface area contributed by atoms with Gasteiger partial charge in [0.05, 0.1) is 12.0 Å². The van der Waals surface area contributed by atoms with E-state index in [0.29, 0.717) is 0 Å². The zero-order valence-corrected chi connectivity index (χ0v) is 8.81. The van der Waals surface area contributed by atoms with Gasteiger partial charge in [0.25, 0.3) is 0 Å². The largest absolute Gasteiger partial charge is 0.481 e. The topological polar surface area (TPSA) is 61.4 Å². The van der Waals surface area contributed by atoms with Crippen LogP contribution in [0.2, 0.25) is 0 Å². The van der Waals surface area contributed by atoms with Gasteiger partial charge in [-0.15, -0.1) is 0 Å². The van der Waals surface area contributed by atoms with Crippen molar-refractivity contribution >= 4 is 5.97 Å². The second-order valence-electron chi connectivity index (χ2n) is 4.09. The number of nitrogens with one attached hydrogen (secondary N) is 2. The second kappa shape index (κ2) is 5.32. The zero-order valence-electron chi connectivity index (χ0n) is 8.81. The Bertz CT molecular complexity index is 191. The number of rotatable bonds is 7. The molecular formula is C10H20N2O2. The molecule has 14 heavy (non-hydrogen) atoms. The van der Waals surface area contributed by atoms with E-state index in [9.17, 15) is 4.79 Å². The first-order valence-electron chi connectivity index (χ1n) is 5.36. The maximum absolute atomic E-state index is 10.6. The van der Waals surface area contributed by atoms with Gasteiger partial charge >= 0.3 is 5.97 Å². The van der Waals surface area contributed by atoms with Gasteiger partial charge in [-0.3, -0.25) is 4.79 Å². The standard InChI is InChI=1S/C10H20N2O2/c1-2-3-4-5-12-10(6-9(13)14)7-11-8-10/h11-12H,2-8H2,1H3,(H,13,14). The van der Waals surface area contributed by atoms with Crippen LogP contribution in [0, 0.1) is 0 Å². The van der Waals surface area contributed by atoms with E-state index in [1.165, 1.54) is 12.8 Å². The lowest BCUT2D eigenvalue weighted by Crippen LogP contribution is -2.68. The summed E-state index contributed by atoms with van der Waals surface area (Å²) in [5.74, 6) is -0.713. The third-order valence-electron chi connectivity index (χ3n) is 2.70. The summed E-state index contributed by atoms with van der Waals surface area (Å²) in [7, 11) is 0. The fraction of sp³-hybridized carbons (Fsp3) is 0.900. The molecule has 1 aliphatic rings. The Morgan fingerprint density at radius 3 is 2.64 bits per heavy atom. The summed E-state index contributed by atoms with van der Waals surface area (Å²) >= 11 is 0. The SMILES string of the molecule is CCCCCNC1(CC(=O)O)CNC1. The van der Waals surface area contributed by atoms with Gasteiger partial charge in [0.1, 0.15) is 0 Å². The quantitative estimate of drug-likeness (QED) is 0.526. The van der Waals surface area contributed by atoms with Crippen LogP contribution in [-0.4, -0.2) is 36.2 Å². The first-order chi connectivity index (χ1) is 6.68. The lowest BCUT2D eigenvalue weighted by molar-refractivity contribution is -0.139. The van der Waals surface area contributed by atoms with Gasteiger partial charge in [-0.2, -0.15) is 0 Å². The van der Waals surface area contributed by atoms with Gasteiger partial charge in [-0.05, 0) is 13.0 Å². The van der Waals surface area contributed by atoms with Crippen molar-refractivity contribution in [2.75, 3.05) is 19.6 Å². The predicted molar refractivity (Wildman–Crippen MR) is 55.4 cm³/mol. The molecule has 3 N–H and O–H groups in total. The minimum absolute atomic E-state index is 0.167. The number of aliphatic carboxylic acids is 1. The van der Waals surface area contributed by atoms with Crippen LogP contribution in [-0.2, 0) is 4.79 Å². The molecule has 1 saturated heterocycles. The summed E-state index contributed by atoms with van der Waals surface area (Å²) in [5, 5.41) is 15.2. The summed E-state index contributed by atoms with van der Waals surface area (Å²) < 4.78 is 0. The third-order valence-corrected chi connectivity index (χ3v) is 2.70. The summed E-state index contributed by atoms with van der Waals surface area (Å²) in [6.07, 6.45) is 3.78. The van der Waals surface area contributed by atoms with Gasteiger partial charge < -0.3 is 15.7 Å². The van der Waals surface area contributed by atoms with E-state index in [1.807, 2.05) is 0 Å². The van der Waals surface area contributed by atoms with Crippen molar-refractivity contribution in [1.29, 1.82) is 0 Å². The molecule has 0 unspecified atom stereocenters. The maximum Gasteiger partial charge on any atom is 0.305 e. The Hall–Kier alpha value is -0.610. The first kappa shape index (κ1) is 11.5. The van der Waals surface area contributed by atoms with Crippen LogP contribution >= 0.6 is 0 Å². The molecule has 0 spiro atoms. The van der Waals surface area contributed by atoms with Crippen LogP contribution in [0.15, 0.2) is 0 Å². The van der Waals surface area contributed by atoms with Crippen LogP contribution in [0.4, 0.5) is 0 Å². The van der Waals surface area contributed by atoms with E-state index in [2.05, 4.69) is 17.6 Å². The molecular weight excluding hydrogens is 180 g/mol. The van der Waals surface area contributed by atoms with Gasteiger partial charge in [-0.1, -0.05) is 19.8 Å². The van der Waals surface area contributed by atoms with Gasteiger partial charge in [0.2, 0.25) is 0 Å². The first-order valence-corrected chi connectivity index (χ1v) is 5.36. The van der Waals surface area contributed by atoms with Gasteiger partial charge in [0.15, 0.2) is 0 Å². The van der Waals surface area contributed by atoms with Crippen molar-refractivity contribution in [2.24, 2.45) is 0 Å². The third kappa shape index (κ3) is 3.27. The van der Waals surface area contributed by atoms with Crippen molar-refractivity contribution in [3.8, 4) is 0 Å². The van der Waals surface area contributed by atoms with Gasteiger partial charge in [-0.25, -0.2) is 0 Å². The zero-order chi connectivity index (χ0) is 10.4. The number of carboxylic acids is 1. The van der Waals surface area contributed by atoms with E-state index in [4.69, 9.17) is 5.11 Å². The molecule has 0 aromatic carbocycles. The molecule has 0 bridgehead atoms. The van der Waals surface area contributed by atoms with Crippen LogP contribution in [0.5, 0.6) is 0 Å². The minimum atomic E-state index is -0.713. The van der Waals surface area contributed by atoms with Crippen molar-refractivity contribution in [1.82, 2.24) is 10.6 Å². The molecule has 1 aliphatic heterocycles. The molecule has 0 amide bonds. The lowest BCUT2D eigenvalue weighted by atomic mass is 9.88. The van der Waals surface area contributed by atoms with Crippen molar-refractivity contribution in [3.63, 3.8) is 0 Å². The van der Waals surface area contributed by atoms with Crippen molar-refractivity contribution in [3.05, 3.63) is 0 Å². The number of hydrogen-bond donors (Lipinski definition) is 3. The molecule has 0 atom stereocenters. The molecule has 82 valence electrons. The highest BCUT2D eigenvalue weighted by Gasteiger charge is 2.38. The average molecular weight is 200 g/mol. The van der Waals surface area contributed by atoms with E-state index in [1.54, 1.807) is 0 Å². The maximum atomic E-state index is 10.6. The molecule has 0 aromatic heterocycles. The highest BCUT2D eigenvalue weighted by atomic mass is 16.4. The monoisotopic (exact) mass is 200 g/mol. The normalized spacial score (nSPS) is 18.9. The number of unbranched alkanes of at least 4 members (excludes halogenated alkanes) is 2. The smallest absolute Gasteiger partial charge is 0.305 e. The van der Waals surface area contributed by atoms with Crippen LogP contribution < -0.4 is 10.6 Å². The average Bonchev–Trinajstić information content (AvgIpc) is 2.07. The Balaban J connectivity index is 2.20. The van der Waals surface area contributed by atoms with E-state index >= 15 is 0 Å². The molecule has 0 aliphatic carbocycles. The number of carboxylic acid groups (broad SMARTS) is 1. The van der Waals surface area contributed by atoms with E-state index in [-0.39, 0.29) is 12.0 Å². The fourth-order valence-corrected chi connectivity index (χ4v) is 1.76. The summed E-state index contributed by atoms with van der Waals surface area (Å²) in [4.78, 5) is 10.6. The number of carbonyl (C=O) groups is 1. The van der Waals surface area contributed by atoms with Crippen LogP contribution in [0.3, 0.4) is 0 Å². The highest BCUT2D eigenvalue weighted by molar-refractivity contribution is 5.68. The van der Waals surface area contributed by atoms with Crippen molar-refractivity contribution < 1.29 is 9.90 Å². The molecule has 1 heterocycles. The van der Waals surface area contributed by atoms with E-state index < -0.39 is 5.97 Å². The lowest BCUT2D eigenvalue weighted by Gasteiger charge is -2.42. The molecule has 0 radical (unpaired) electrons. The Kier molecular flexibility index (Phi) is 4.35. The summed E-state index contributed by atoms with van der Waals surface area (Å²) in [6.45, 7) is 4.66. The number of hydrogen-bond acceptors (Lipinski definition) is 3. The highest BCUT2D eigenvalue weighted by Crippen LogP contribution is 2.15. The van der Waals surface area contributed by atoms with E-state index in [0.717, 1.165) is 26.1 Å². The summed E-state index contributed by atoms with van der Waals surface area (Å²) in [6, 6.07) is 0. The Labute approximate surface area is 85.1 Å². The molecule has 0 aromatic rings. The predicted octanol–water partition coefficient (Wildman–Crippen LogP) is 0.583. The van der Waals surface area contributed by atoms with Crippen LogP contribution in [0.1, 0.15) is 32.6 Å². The van der Waals surface area contributed by atoms with Crippen molar-refractivity contribution in [2.45, 2.75) is 38.1 Å². The molecule has 4 nitrogen and oxygen atoms in total. The molecule has 1 fully saturated rings. The second-order valence-corrected chi connectivity index (χ2v) is 4.09. The molecule has 0 saturated carbocycles. The van der Waals surface area contributed by atoms with Crippen LogP contribution in [0.25, 0.3) is 0 Å².